The van der Waals surface area contributed by atoms with E-state index in [1.807, 2.05) is 0 Å². The van der Waals surface area contributed by atoms with Crippen LogP contribution < -0.4 is 10.6 Å². The predicted octanol–water partition coefficient (Wildman–Crippen LogP) is 1.48. The molecule has 13 heavy (non-hydrogen) atoms. The minimum atomic E-state index is 0.435. The van der Waals surface area contributed by atoms with Crippen LogP contribution in [0.5, 0.6) is 0 Å². The maximum Gasteiger partial charge on any atom is 0.000394 e. The molecule has 1 unspecified atom stereocenters. The highest BCUT2D eigenvalue weighted by Crippen LogP contribution is 2.24. The molecule has 0 aromatic rings. The SMILES string of the molecule is CC(CNCC1CNC1)C(C)(C)C. The molecule has 1 heterocycles. The Morgan fingerprint density at radius 1 is 1.38 bits per heavy atom. The molecule has 0 bridgehead atoms. The number of nitrogens with one attached hydrogen (secondary N) is 2. The topological polar surface area (TPSA) is 24.1 Å². The van der Waals surface area contributed by atoms with Gasteiger partial charge in [0.15, 0.2) is 0 Å². The van der Waals surface area contributed by atoms with Crippen molar-refractivity contribution in [2.24, 2.45) is 17.3 Å². The first kappa shape index (κ1) is 11.0. The van der Waals surface area contributed by atoms with Crippen LogP contribution in [0.2, 0.25) is 0 Å². The van der Waals surface area contributed by atoms with Crippen LogP contribution in [0.15, 0.2) is 0 Å². The van der Waals surface area contributed by atoms with Crippen molar-refractivity contribution in [3.05, 3.63) is 0 Å². The van der Waals surface area contributed by atoms with Gasteiger partial charge in [0.1, 0.15) is 0 Å². The van der Waals surface area contributed by atoms with Crippen LogP contribution in [0, 0.1) is 17.3 Å². The second-order valence-corrected chi connectivity index (χ2v) is 5.45. The van der Waals surface area contributed by atoms with Crippen molar-refractivity contribution in [3.8, 4) is 0 Å². The smallest absolute Gasteiger partial charge is 0.000394 e. The van der Waals surface area contributed by atoms with Crippen molar-refractivity contribution in [1.29, 1.82) is 0 Å². The highest BCUT2D eigenvalue weighted by Gasteiger charge is 2.21. The number of rotatable bonds is 4. The van der Waals surface area contributed by atoms with Crippen LogP contribution in [-0.2, 0) is 0 Å². The quantitative estimate of drug-likeness (QED) is 0.691. The van der Waals surface area contributed by atoms with Crippen LogP contribution >= 0.6 is 0 Å². The molecule has 0 saturated carbocycles. The lowest BCUT2D eigenvalue weighted by atomic mass is 9.82. The zero-order chi connectivity index (χ0) is 9.90. The zero-order valence-corrected chi connectivity index (χ0v) is 9.48. The molecule has 2 N–H and O–H groups in total. The molecular formula is C11H24N2. The molecule has 2 heteroatoms. The molecule has 0 spiro atoms. The summed E-state index contributed by atoms with van der Waals surface area (Å²) in [4.78, 5) is 0. The van der Waals surface area contributed by atoms with Crippen LogP contribution in [0.3, 0.4) is 0 Å². The molecular weight excluding hydrogens is 160 g/mol. The number of hydrogen-bond acceptors (Lipinski definition) is 2. The van der Waals surface area contributed by atoms with Gasteiger partial charge in [0.05, 0.1) is 0 Å². The van der Waals surface area contributed by atoms with Crippen molar-refractivity contribution < 1.29 is 0 Å². The summed E-state index contributed by atoms with van der Waals surface area (Å²) in [6.07, 6.45) is 0. The maximum atomic E-state index is 3.55. The second-order valence-electron chi connectivity index (χ2n) is 5.45. The third-order valence-electron chi connectivity index (χ3n) is 3.23. The zero-order valence-electron chi connectivity index (χ0n) is 9.48. The molecule has 1 fully saturated rings. The van der Waals surface area contributed by atoms with Gasteiger partial charge in [0, 0.05) is 19.6 Å². The predicted molar refractivity (Wildman–Crippen MR) is 57.8 cm³/mol. The highest BCUT2D eigenvalue weighted by atomic mass is 15.0. The molecule has 1 atom stereocenters. The average Bonchev–Trinajstić information content (AvgIpc) is 1.91. The van der Waals surface area contributed by atoms with Crippen molar-refractivity contribution >= 4 is 0 Å². The van der Waals surface area contributed by atoms with Gasteiger partial charge in [-0.05, 0) is 23.8 Å². The highest BCUT2D eigenvalue weighted by molar-refractivity contribution is 4.78. The average molecular weight is 184 g/mol. The first-order valence-corrected chi connectivity index (χ1v) is 5.41. The summed E-state index contributed by atoms with van der Waals surface area (Å²) in [5.74, 6) is 1.63. The van der Waals surface area contributed by atoms with Gasteiger partial charge in [-0.2, -0.15) is 0 Å². The van der Waals surface area contributed by atoms with E-state index in [2.05, 4.69) is 38.3 Å². The van der Waals surface area contributed by atoms with E-state index in [0.717, 1.165) is 18.4 Å². The van der Waals surface area contributed by atoms with E-state index in [1.54, 1.807) is 0 Å². The van der Waals surface area contributed by atoms with Crippen molar-refractivity contribution in [1.82, 2.24) is 10.6 Å². The fourth-order valence-corrected chi connectivity index (χ4v) is 1.30. The summed E-state index contributed by atoms with van der Waals surface area (Å²) in [5.41, 5.74) is 0.435. The normalized spacial score (nSPS) is 21.2. The second kappa shape index (κ2) is 4.43. The van der Waals surface area contributed by atoms with Gasteiger partial charge in [0.25, 0.3) is 0 Å². The molecule has 0 amide bonds. The lowest BCUT2D eigenvalue weighted by Crippen LogP contribution is -2.48. The molecule has 78 valence electrons. The monoisotopic (exact) mass is 184 g/mol. The van der Waals surface area contributed by atoms with E-state index in [4.69, 9.17) is 0 Å². The van der Waals surface area contributed by atoms with Gasteiger partial charge in [0.2, 0.25) is 0 Å². The lowest BCUT2D eigenvalue weighted by molar-refractivity contribution is 0.241. The van der Waals surface area contributed by atoms with Gasteiger partial charge in [-0.15, -0.1) is 0 Å². The van der Waals surface area contributed by atoms with Gasteiger partial charge < -0.3 is 10.6 Å². The molecule has 0 aromatic carbocycles. The molecule has 0 aliphatic carbocycles. The van der Waals surface area contributed by atoms with E-state index in [-0.39, 0.29) is 0 Å². The van der Waals surface area contributed by atoms with Crippen LogP contribution in [-0.4, -0.2) is 26.2 Å². The fraction of sp³-hybridized carbons (Fsp3) is 1.00. The first-order chi connectivity index (χ1) is 6.00. The summed E-state index contributed by atoms with van der Waals surface area (Å²) in [7, 11) is 0. The summed E-state index contributed by atoms with van der Waals surface area (Å²) >= 11 is 0. The summed E-state index contributed by atoms with van der Waals surface area (Å²) in [5, 5.41) is 6.84. The molecule has 2 nitrogen and oxygen atoms in total. The van der Waals surface area contributed by atoms with Gasteiger partial charge in [-0.1, -0.05) is 27.7 Å². The van der Waals surface area contributed by atoms with E-state index in [0.29, 0.717) is 5.41 Å². The molecule has 1 aliphatic rings. The Hall–Kier alpha value is -0.0800. The summed E-state index contributed by atoms with van der Waals surface area (Å²) < 4.78 is 0. The lowest BCUT2D eigenvalue weighted by Gasteiger charge is -2.31. The van der Waals surface area contributed by atoms with E-state index in [9.17, 15) is 0 Å². The van der Waals surface area contributed by atoms with Crippen molar-refractivity contribution in [2.45, 2.75) is 27.7 Å². The summed E-state index contributed by atoms with van der Waals surface area (Å²) in [6, 6.07) is 0. The molecule has 1 aliphatic heterocycles. The van der Waals surface area contributed by atoms with Crippen molar-refractivity contribution in [2.75, 3.05) is 26.2 Å². The Labute approximate surface area is 82.5 Å². The largest absolute Gasteiger partial charge is 0.316 e. The van der Waals surface area contributed by atoms with Gasteiger partial charge >= 0.3 is 0 Å². The Kier molecular flexibility index (Phi) is 3.74. The standard InChI is InChI=1S/C11H24N2/c1-9(11(2,3)4)5-12-6-10-7-13-8-10/h9-10,12-13H,5-8H2,1-4H3. The van der Waals surface area contributed by atoms with E-state index >= 15 is 0 Å². The molecule has 0 radical (unpaired) electrons. The minimum Gasteiger partial charge on any atom is -0.316 e. The van der Waals surface area contributed by atoms with Crippen LogP contribution in [0.1, 0.15) is 27.7 Å². The number of hydrogen-bond donors (Lipinski definition) is 2. The summed E-state index contributed by atoms with van der Waals surface area (Å²) in [6.45, 7) is 14.0. The van der Waals surface area contributed by atoms with Crippen LogP contribution in [0.4, 0.5) is 0 Å². The first-order valence-electron chi connectivity index (χ1n) is 5.41. The Balaban J connectivity index is 2.04. The third kappa shape index (κ3) is 3.65. The Morgan fingerprint density at radius 2 is 2.00 bits per heavy atom. The molecule has 1 saturated heterocycles. The Morgan fingerprint density at radius 3 is 2.38 bits per heavy atom. The van der Waals surface area contributed by atoms with E-state index < -0.39 is 0 Å². The molecule has 0 aromatic heterocycles. The Bertz CT molecular complexity index is 145. The van der Waals surface area contributed by atoms with Crippen LogP contribution in [0.25, 0.3) is 0 Å². The minimum absolute atomic E-state index is 0.435. The maximum absolute atomic E-state index is 3.55. The van der Waals surface area contributed by atoms with Gasteiger partial charge in [-0.3, -0.25) is 0 Å². The third-order valence-corrected chi connectivity index (χ3v) is 3.23. The fourth-order valence-electron chi connectivity index (χ4n) is 1.30. The van der Waals surface area contributed by atoms with Gasteiger partial charge in [-0.25, -0.2) is 0 Å². The van der Waals surface area contributed by atoms with Crippen molar-refractivity contribution in [3.63, 3.8) is 0 Å². The molecule has 1 rings (SSSR count). The van der Waals surface area contributed by atoms with E-state index in [1.165, 1.54) is 19.6 Å².